The van der Waals surface area contributed by atoms with Crippen molar-refractivity contribution in [3.05, 3.63) is 17.7 Å². The molecule has 2 aliphatic rings. The third kappa shape index (κ3) is 5.93. The van der Waals surface area contributed by atoms with Crippen molar-refractivity contribution in [1.82, 2.24) is 10.2 Å². The first-order valence-corrected chi connectivity index (χ1v) is 12.5. The van der Waals surface area contributed by atoms with E-state index in [0.717, 1.165) is 50.6 Å². The van der Waals surface area contributed by atoms with Crippen molar-refractivity contribution in [1.29, 1.82) is 0 Å². The molecule has 1 saturated heterocycles. The van der Waals surface area contributed by atoms with E-state index >= 15 is 0 Å². The Labute approximate surface area is 198 Å². The average Bonchev–Trinajstić information content (AvgIpc) is 2.82. The van der Waals surface area contributed by atoms with Crippen LogP contribution < -0.4 is 19.5 Å². The van der Waals surface area contributed by atoms with E-state index in [0.29, 0.717) is 36.8 Å². The molecular formula is C26H42N2O5. The van der Waals surface area contributed by atoms with E-state index in [2.05, 4.69) is 17.1 Å². The largest absolute Gasteiger partial charge is 0.493 e. The number of benzene rings is 1. The first-order chi connectivity index (χ1) is 16.0. The molecular weight excluding hydrogens is 420 g/mol. The molecule has 2 N–H and O–H groups in total. The van der Waals surface area contributed by atoms with Crippen LogP contribution in [0, 0.1) is 5.92 Å². The number of piperidine rings is 1. The number of nitrogens with one attached hydrogen (secondary N) is 1. The SMILES string of the molecule is CCCCCCNC(=O)CN1CC[C@]2(O)CCCC[C@@H]2[C@H]1c1cc(OC)c(OC)c(OC)c1. The molecule has 3 rings (SSSR count). The molecule has 2 fully saturated rings. The molecule has 1 aromatic carbocycles. The highest BCUT2D eigenvalue weighted by Crippen LogP contribution is 2.51. The van der Waals surface area contributed by atoms with Crippen molar-refractivity contribution in [2.24, 2.45) is 5.92 Å². The number of amides is 1. The van der Waals surface area contributed by atoms with Crippen LogP contribution in [0.5, 0.6) is 17.2 Å². The fraction of sp³-hybridized carbons (Fsp3) is 0.731. The van der Waals surface area contributed by atoms with Crippen LogP contribution >= 0.6 is 0 Å². The first-order valence-electron chi connectivity index (χ1n) is 12.5. The van der Waals surface area contributed by atoms with Gasteiger partial charge >= 0.3 is 0 Å². The predicted molar refractivity (Wildman–Crippen MR) is 129 cm³/mol. The van der Waals surface area contributed by atoms with Crippen LogP contribution in [0.25, 0.3) is 0 Å². The van der Waals surface area contributed by atoms with Crippen molar-refractivity contribution in [3.63, 3.8) is 0 Å². The van der Waals surface area contributed by atoms with Crippen LogP contribution in [0.1, 0.15) is 76.3 Å². The van der Waals surface area contributed by atoms with Gasteiger partial charge in [0.05, 0.1) is 33.5 Å². The van der Waals surface area contributed by atoms with Crippen molar-refractivity contribution >= 4 is 5.91 Å². The zero-order chi connectivity index (χ0) is 23.8. The Balaban J connectivity index is 1.86. The molecule has 3 atom stereocenters. The summed E-state index contributed by atoms with van der Waals surface area (Å²) in [4.78, 5) is 15.1. The van der Waals surface area contributed by atoms with E-state index in [1.54, 1.807) is 21.3 Å². The van der Waals surface area contributed by atoms with Crippen molar-refractivity contribution in [3.8, 4) is 17.2 Å². The third-order valence-electron chi connectivity index (χ3n) is 7.40. The number of fused-ring (bicyclic) bond motifs is 1. The van der Waals surface area contributed by atoms with Crippen LogP contribution in [0.3, 0.4) is 0 Å². The predicted octanol–water partition coefficient (Wildman–Crippen LogP) is 4.08. The molecule has 0 radical (unpaired) electrons. The number of carbonyl (C=O) groups is 1. The number of unbranched alkanes of at least 4 members (excludes halogenated alkanes) is 3. The maximum absolute atomic E-state index is 12.8. The minimum absolute atomic E-state index is 0.0465. The zero-order valence-electron chi connectivity index (χ0n) is 20.8. The maximum Gasteiger partial charge on any atom is 0.234 e. The summed E-state index contributed by atoms with van der Waals surface area (Å²) >= 11 is 0. The Morgan fingerprint density at radius 2 is 1.82 bits per heavy atom. The molecule has 1 aliphatic heterocycles. The summed E-state index contributed by atoms with van der Waals surface area (Å²) in [5.41, 5.74) is 0.293. The maximum atomic E-state index is 12.8. The van der Waals surface area contributed by atoms with Gasteiger partial charge in [-0.2, -0.15) is 0 Å². The fourth-order valence-corrected chi connectivity index (χ4v) is 5.65. The highest BCUT2D eigenvalue weighted by molar-refractivity contribution is 5.78. The number of ether oxygens (including phenoxy) is 3. The van der Waals surface area contributed by atoms with Crippen molar-refractivity contribution in [2.75, 3.05) is 41.0 Å². The molecule has 7 heteroatoms. The van der Waals surface area contributed by atoms with E-state index in [9.17, 15) is 9.90 Å². The summed E-state index contributed by atoms with van der Waals surface area (Å²) in [6, 6.07) is 3.85. The van der Waals surface area contributed by atoms with E-state index in [-0.39, 0.29) is 17.9 Å². The number of methoxy groups -OCH3 is 3. The number of hydrogen-bond acceptors (Lipinski definition) is 6. The lowest BCUT2D eigenvalue weighted by atomic mass is 9.66. The van der Waals surface area contributed by atoms with Gasteiger partial charge in [-0.05, 0) is 43.4 Å². The standard InChI is InChI=1S/C26H42N2O5/c1-5-6-7-10-14-27-23(29)18-28-15-13-26(30)12-9-8-11-20(26)24(28)19-16-21(31-2)25(33-4)22(17-19)32-3/h16-17,20,24,30H,5-15,18H2,1-4H3,(H,27,29)/t20-,24-,26-/m1/s1. The molecule has 1 aromatic rings. The van der Waals surface area contributed by atoms with Crippen LogP contribution in [0.2, 0.25) is 0 Å². The Morgan fingerprint density at radius 3 is 2.45 bits per heavy atom. The monoisotopic (exact) mass is 462 g/mol. The van der Waals surface area contributed by atoms with Gasteiger partial charge in [0.15, 0.2) is 11.5 Å². The number of nitrogens with zero attached hydrogens (tertiary/aromatic N) is 1. The second-order valence-electron chi connectivity index (χ2n) is 9.49. The van der Waals surface area contributed by atoms with E-state index in [1.165, 1.54) is 12.8 Å². The van der Waals surface area contributed by atoms with Gasteiger partial charge in [-0.15, -0.1) is 0 Å². The Morgan fingerprint density at radius 1 is 1.09 bits per heavy atom. The summed E-state index contributed by atoms with van der Waals surface area (Å²) in [5, 5.41) is 14.6. The van der Waals surface area contributed by atoms with Crippen LogP contribution in [0.15, 0.2) is 12.1 Å². The molecule has 1 heterocycles. The van der Waals surface area contributed by atoms with Crippen molar-refractivity contribution in [2.45, 2.75) is 76.4 Å². The lowest BCUT2D eigenvalue weighted by Gasteiger charge is -2.52. The first kappa shape index (κ1) is 25.6. The van der Waals surface area contributed by atoms with Gasteiger partial charge in [-0.1, -0.05) is 39.0 Å². The third-order valence-corrected chi connectivity index (χ3v) is 7.40. The highest BCUT2D eigenvalue weighted by atomic mass is 16.5. The van der Waals surface area contributed by atoms with Crippen LogP contribution in [-0.4, -0.2) is 62.5 Å². The van der Waals surface area contributed by atoms with E-state index in [1.807, 2.05) is 12.1 Å². The molecule has 186 valence electrons. The highest BCUT2D eigenvalue weighted by Gasteiger charge is 2.49. The van der Waals surface area contributed by atoms with Gasteiger partial charge < -0.3 is 24.6 Å². The molecule has 0 bridgehead atoms. The second kappa shape index (κ2) is 11.9. The number of hydrogen-bond donors (Lipinski definition) is 2. The van der Waals surface area contributed by atoms with Gasteiger partial charge in [0.1, 0.15) is 0 Å². The minimum Gasteiger partial charge on any atom is -0.493 e. The Bertz CT molecular complexity index is 761. The number of aliphatic hydroxyl groups is 1. The second-order valence-corrected chi connectivity index (χ2v) is 9.49. The van der Waals surface area contributed by atoms with Gasteiger partial charge in [0.2, 0.25) is 11.7 Å². The van der Waals surface area contributed by atoms with Crippen molar-refractivity contribution < 1.29 is 24.1 Å². The number of rotatable bonds is 11. The lowest BCUT2D eigenvalue weighted by molar-refractivity contribution is -0.137. The molecule has 7 nitrogen and oxygen atoms in total. The molecule has 33 heavy (non-hydrogen) atoms. The normalized spacial score (nSPS) is 25.2. The Kier molecular flexibility index (Phi) is 9.27. The zero-order valence-corrected chi connectivity index (χ0v) is 20.8. The molecule has 0 unspecified atom stereocenters. The molecule has 0 spiro atoms. The van der Waals surface area contributed by atoms with Gasteiger partial charge in [-0.25, -0.2) is 0 Å². The molecule has 1 aliphatic carbocycles. The Hall–Kier alpha value is -1.99. The summed E-state index contributed by atoms with van der Waals surface area (Å²) < 4.78 is 16.7. The van der Waals surface area contributed by atoms with Crippen LogP contribution in [-0.2, 0) is 4.79 Å². The van der Waals surface area contributed by atoms with Gasteiger partial charge in [0.25, 0.3) is 0 Å². The molecule has 1 amide bonds. The topological polar surface area (TPSA) is 80.3 Å². The van der Waals surface area contributed by atoms with E-state index < -0.39 is 5.60 Å². The summed E-state index contributed by atoms with van der Waals surface area (Å²) in [5.74, 6) is 1.84. The fourth-order valence-electron chi connectivity index (χ4n) is 5.65. The lowest BCUT2D eigenvalue weighted by Crippen LogP contribution is -2.56. The average molecular weight is 463 g/mol. The summed E-state index contributed by atoms with van der Waals surface area (Å²) in [7, 11) is 4.82. The van der Waals surface area contributed by atoms with Crippen LogP contribution in [0.4, 0.5) is 0 Å². The summed E-state index contributed by atoms with van der Waals surface area (Å²) in [6.45, 7) is 3.90. The molecule has 1 saturated carbocycles. The molecule has 0 aromatic heterocycles. The number of carbonyl (C=O) groups excluding carboxylic acids is 1. The van der Waals surface area contributed by atoms with Gasteiger partial charge in [0, 0.05) is 25.0 Å². The quantitative estimate of drug-likeness (QED) is 0.483. The summed E-state index contributed by atoms with van der Waals surface area (Å²) in [6.07, 6.45) is 9.12. The smallest absolute Gasteiger partial charge is 0.234 e. The number of likely N-dealkylation sites (tertiary alicyclic amines) is 1. The van der Waals surface area contributed by atoms with E-state index in [4.69, 9.17) is 14.2 Å². The van der Waals surface area contributed by atoms with Gasteiger partial charge in [-0.3, -0.25) is 9.69 Å². The minimum atomic E-state index is -0.698.